The van der Waals surface area contributed by atoms with E-state index in [1.165, 1.54) is 12.1 Å². The van der Waals surface area contributed by atoms with Gasteiger partial charge in [-0.15, -0.1) is 0 Å². The van der Waals surface area contributed by atoms with Gasteiger partial charge in [-0.05, 0) is 27.6 Å². The smallest absolute Gasteiger partial charge is 0.320 e. The number of benzene rings is 1. The zero-order valence-corrected chi connectivity index (χ0v) is 9.09. The molecule has 0 saturated heterocycles. The van der Waals surface area contributed by atoms with E-state index in [9.17, 15) is 13.6 Å². The molecule has 1 rings (SSSR count). The monoisotopic (exact) mass is 279 g/mol. The van der Waals surface area contributed by atoms with Crippen LogP contribution in [0.25, 0.3) is 0 Å². The molecule has 1 atom stereocenters. The van der Waals surface area contributed by atoms with Crippen LogP contribution >= 0.6 is 15.9 Å². The fourth-order valence-corrected chi connectivity index (χ4v) is 1.35. The first-order valence-corrected chi connectivity index (χ1v) is 4.83. The highest BCUT2D eigenvalue weighted by Gasteiger charge is 2.17. The summed E-state index contributed by atoms with van der Waals surface area (Å²) in [4.78, 5) is 10.4. The molecule has 0 radical (unpaired) electrons. The SMILES string of the molecule is N[C@@H](Cc1ccc(Br)c(F)c1F)C(=O)O. The summed E-state index contributed by atoms with van der Waals surface area (Å²) in [5.41, 5.74) is 5.15. The van der Waals surface area contributed by atoms with Gasteiger partial charge < -0.3 is 10.8 Å². The highest BCUT2D eigenvalue weighted by molar-refractivity contribution is 9.10. The molecule has 0 unspecified atom stereocenters. The normalized spacial score (nSPS) is 12.5. The van der Waals surface area contributed by atoms with Crippen LogP contribution in [0.1, 0.15) is 5.56 Å². The molecule has 6 heteroatoms. The molecule has 0 saturated carbocycles. The third-order valence-electron chi connectivity index (χ3n) is 1.87. The number of aliphatic carboxylic acids is 1. The molecule has 0 aliphatic rings. The quantitative estimate of drug-likeness (QED) is 0.828. The van der Waals surface area contributed by atoms with Gasteiger partial charge in [0.25, 0.3) is 0 Å². The zero-order chi connectivity index (χ0) is 11.6. The molecule has 3 nitrogen and oxygen atoms in total. The third-order valence-corrected chi connectivity index (χ3v) is 2.48. The third kappa shape index (κ3) is 2.73. The molecule has 0 amide bonds. The van der Waals surface area contributed by atoms with Gasteiger partial charge in [-0.25, -0.2) is 8.78 Å². The molecule has 0 bridgehead atoms. The lowest BCUT2D eigenvalue weighted by atomic mass is 10.1. The van der Waals surface area contributed by atoms with Crippen molar-refractivity contribution < 1.29 is 18.7 Å². The minimum atomic E-state index is -1.25. The van der Waals surface area contributed by atoms with E-state index < -0.39 is 23.6 Å². The van der Waals surface area contributed by atoms with Gasteiger partial charge in [0.05, 0.1) is 4.47 Å². The highest BCUT2D eigenvalue weighted by Crippen LogP contribution is 2.21. The lowest BCUT2D eigenvalue weighted by Gasteiger charge is -2.08. The van der Waals surface area contributed by atoms with Crippen molar-refractivity contribution in [2.75, 3.05) is 0 Å². The molecule has 0 fully saturated rings. The number of hydrogen-bond acceptors (Lipinski definition) is 2. The van der Waals surface area contributed by atoms with E-state index in [0.717, 1.165) is 0 Å². The molecule has 0 spiro atoms. The van der Waals surface area contributed by atoms with Crippen molar-refractivity contribution in [3.8, 4) is 0 Å². The molecule has 0 aliphatic heterocycles. The molecule has 1 aromatic rings. The van der Waals surface area contributed by atoms with Crippen molar-refractivity contribution in [2.24, 2.45) is 5.73 Å². The largest absolute Gasteiger partial charge is 0.480 e. The Kier molecular flexibility index (Phi) is 3.76. The van der Waals surface area contributed by atoms with Gasteiger partial charge in [0.2, 0.25) is 0 Å². The highest BCUT2D eigenvalue weighted by atomic mass is 79.9. The summed E-state index contributed by atoms with van der Waals surface area (Å²) < 4.78 is 26.3. The second-order valence-electron chi connectivity index (χ2n) is 2.98. The second-order valence-corrected chi connectivity index (χ2v) is 3.84. The van der Waals surface area contributed by atoms with Crippen molar-refractivity contribution >= 4 is 21.9 Å². The standard InChI is InChI=1S/C9H8BrF2NO2/c10-5-2-1-4(7(11)8(5)12)3-6(13)9(14)15/h1-2,6H,3,13H2,(H,14,15)/t6-/m0/s1. The fraction of sp³-hybridized carbons (Fsp3) is 0.222. The van der Waals surface area contributed by atoms with Crippen LogP contribution in [0.15, 0.2) is 16.6 Å². The van der Waals surface area contributed by atoms with Crippen LogP contribution in [0.5, 0.6) is 0 Å². The van der Waals surface area contributed by atoms with Crippen molar-refractivity contribution in [3.05, 3.63) is 33.8 Å². The van der Waals surface area contributed by atoms with Gasteiger partial charge in [-0.2, -0.15) is 0 Å². The van der Waals surface area contributed by atoms with Gasteiger partial charge in [-0.1, -0.05) is 6.07 Å². The Morgan fingerprint density at radius 3 is 2.60 bits per heavy atom. The predicted octanol–water partition coefficient (Wildman–Crippen LogP) is 1.68. The molecule has 3 N–H and O–H groups in total. The van der Waals surface area contributed by atoms with Crippen molar-refractivity contribution in [2.45, 2.75) is 12.5 Å². The average molecular weight is 280 g/mol. The van der Waals surface area contributed by atoms with Crippen LogP contribution in [0.3, 0.4) is 0 Å². The second kappa shape index (κ2) is 4.67. The lowest BCUT2D eigenvalue weighted by molar-refractivity contribution is -0.138. The summed E-state index contributed by atoms with van der Waals surface area (Å²) in [5.74, 6) is -3.36. The van der Waals surface area contributed by atoms with E-state index in [-0.39, 0.29) is 16.5 Å². The van der Waals surface area contributed by atoms with Gasteiger partial charge >= 0.3 is 5.97 Å². The van der Waals surface area contributed by atoms with Gasteiger partial charge in [0.1, 0.15) is 6.04 Å². The van der Waals surface area contributed by atoms with E-state index in [1.807, 2.05) is 0 Å². The molecular formula is C9H8BrF2NO2. The van der Waals surface area contributed by atoms with E-state index in [2.05, 4.69) is 15.9 Å². The molecule has 82 valence electrons. The topological polar surface area (TPSA) is 63.3 Å². The number of rotatable bonds is 3. The number of carbonyl (C=O) groups is 1. The van der Waals surface area contributed by atoms with Crippen molar-refractivity contribution in [1.82, 2.24) is 0 Å². The van der Waals surface area contributed by atoms with Crippen LogP contribution in [0.2, 0.25) is 0 Å². The average Bonchev–Trinajstić information content (AvgIpc) is 2.18. The van der Waals surface area contributed by atoms with Gasteiger partial charge in [-0.3, -0.25) is 4.79 Å². The van der Waals surface area contributed by atoms with Crippen molar-refractivity contribution in [3.63, 3.8) is 0 Å². The Morgan fingerprint density at radius 2 is 2.07 bits per heavy atom. The summed E-state index contributed by atoms with van der Waals surface area (Å²) in [6.07, 6.45) is -0.245. The maximum atomic E-state index is 13.2. The van der Waals surface area contributed by atoms with Gasteiger partial charge in [0.15, 0.2) is 11.6 Å². The summed E-state index contributed by atoms with van der Waals surface area (Å²) in [6.45, 7) is 0. The minimum Gasteiger partial charge on any atom is -0.480 e. The number of halogens is 3. The molecular weight excluding hydrogens is 272 g/mol. The van der Waals surface area contributed by atoms with Crippen LogP contribution in [0.4, 0.5) is 8.78 Å². The Labute approximate surface area is 93.0 Å². The molecule has 15 heavy (non-hydrogen) atoms. The van der Waals surface area contributed by atoms with E-state index in [1.54, 1.807) is 0 Å². The fourth-order valence-electron chi connectivity index (χ4n) is 1.05. The van der Waals surface area contributed by atoms with Crippen LogP contribution in [-0.4, -0.2) is 17.1 Å². The van der Waals surface area contributed by atoms with Gasteiger partial charge in [0, 0.05) is 6.42 Å². The number of nitrogens with two attached hydrogens (primary N) is 1. The first-order chi connectivity index (χ1) is 6.93. The molecule has 0 heterocycles. The first kappa shape index (κ1) is 12.1. The number of carboxylic acids is 1. The summed E-state index contributed by atoms with van der Waals surface area (Å²) in [7, 11) is 0. The van der Waals surface area contributed by atoms with Crippen LogP contribution < -0.4 is 5.73 Å². The van der Waals surface area contributed by atoms with Crippen molar-refractivity contribution in [1.29, 1.82) is 0 Å². The number of carboxylic acid groups (broad SMARTS) is 1. The number of hydrogen-bond donors (Lipinski definition) is 2. The first-order valence-electron chi connectivity index (χ1n) is 4.04. The minimum absolute atomic E-state index is 0.00681. The maximum absolute atomic E-state index is 13.2. The molecule has 0 aliphatic carbocycles. The maximum Gasteiger partial charge on any atom is 0.320 e. The summed E-state index contributed by atoms with van der Waals surface area (Å²) >= 11 is 2.81. The predicted molar refractivity (Wildman–Crippen MR) is 53.4 cm³/mol. The van der Waals surface area contributed by atoms with E-state index >= 15 is 0 Å². The van der Waals surface area contributed by atoms with E-state index in [0.29, 0.717) is 0 Å². The lowest BCUT2D eigenvalue weighted by Crippen LogP contribution is -2.32. The van der Waals surface area contributed by atoms with E-state index in [4.69, 9.17) is 10.8 Å². The Hall–Kier alpha value is -1.01. The summed E-state index contributed by atoms with van der Waals surface area (Å²) in [6, 6.07) is 1.37. The Morgan fingerprint density at radius 1 is 1.47 bits per heavy atom. The van der Waals surface area contributed by atoms with Crippen LogP contribution in [-0.2, 0) is 11.2 Å². The molecule has 1 aromatic carbocycles. The van der Waals surface area contributed by atoms with Crippen LogP contribution in [0, 0.1) is 11.6 Å². The zero-order valence-electron chi connectivity index (χ0n) is 7.51. The molecule has 0 aromatic heterocycles. The Balaban J connectivity index is 2.97. The summed E-state index contributed by atoms with van der Waals surface area (Å²) in [5, 5.41) is 8.51. The Bertz CT molecular complexity index is 398.